The van der Waals surface area contributed by atoms with Crippen LogP contribution in [0.3, 0.4) is 0 Å². The summed E-state index contributed by atoms with van der Waals surface area (Å²) in [6.07, 6.45) is 0. The van der Waals surface area contributed by atoms with Crippen LogP contribution in [-0.4, -0.2) is 69.5 Å². The molecule has 174 valence electrons. The molecule has 0 spiro atoms. The van der Waals surface area contributed by atoms with E-state index in [2.05, 4.69) is 10.00 Å². The van der Waals surface area contributed by atoms with Crippen molar-refractivity contribution in [1.82, 2.24) is 24.5 Å². The maximum Gasteiger partial charge on any atom is 0.278 e. The minimum absolute atomic E-state index is 0.157. The van der Waals surface area contributed by atoms with E-state index in [-0.39, 0.29) is 29.1 Å². The molecule has 8 heteroatoms. The second-order valence-electron chi connectivity index (χ2n) is 8.79. The van der Waals surface area contributed by atoms with Crippen LogP contribution in [0.5, 0.6) is 0 Å². The number of hydrogen-bond donors (Lipinski definition) is 1. The van der Waals surface area contributed by atoms with E-state index >= 15 is 0 Å². The zero-order valence-electron chi connectivity index (χ0n) is 19.3. The van der Waals surface area contributed by atoms with Crippen LogP contribution in [0.1, 0.15) is 11.1 Å². The quantitative estimate of drug-likeness (QED) is 0.592. The molecule has 0 atom stereocenters. The van der Waals surface area contributed by atoms with Gasteiger partial charge in [0.15, 0.2) is 0 Å². The van der Waals surface area contributed by atoms with E-state index < -0.39 is 5.91 Å². The van der Waals surface area contributed by atoms with E-state index in [0.717, 1.165) is 24.2 Å². The number of carbonyl (C=O) groups is 2. The van der Waals surface area contributed by atoms with Crippen LogP contribution < -0.4 is 5.56 Å². The van der Waals surface area contributed by atoms with Gasteiger partial charge in [-0.2, -0.15) is 0 Å². The fourth-order valence-electron chi connectivity index (χ4n) is 4.62. The fourth-order valence-corrected chi connectivity index (χ4v) is 4.62. The number of piperazine rings is 1. The van der Waals surface area contributed by atoms with Gasteiger partial charge in [0.2, 0.25) is 0 Å². The summed E-state index contributed by atoms with van der Waals surface area (Å²) >= 11 is 0. The second-order valence-corrected chi connectivity index (χ2v) is 8.79. The Morgan fingerprint density at radius 2 is 1.41 bits per heavy atom. The normalized spacial score (nSPS) is 17.2. The molecule has 3 heterocycles. The van der Waals surface area contributed by atoms with E-state index in [1.54, 1.807) is 7.05 Å². The minimum atomic E-state index is -0.434. The first-order chi connectivity index (χ1) is 16.5. The van der Waals surface area contributed by atoms with E-state index in [1.807, 2.05) is 72.6 Å². The number of carbonyl (C=O) groups excluding carboxylic acids is 2. The van der Waals surface area contributed by atoms with Gasteiger partial charge in [0.25, 0.3) is 17.4 Å². The smallest absolute Gasteiger partial charge is 0.278 e. The van der Waals surface area contributed by atoms with Crippen molar-refractivity contribution < 1.29 is 9.59 Å². The van der Waals surface area contributed by atoms with Crippen LogP contribution in [-0.2, 0) is 23.2 Å². The summed E-state index contributed by atoms with van der Waals surface area (Å²) < 4.78 is 1.36. The number of aromatic nitrogens is 2. The van der Waals surface area contributed by atoms with Gasteiger partial charge in [0, 0.05) is 38.8 Å². The van der Waals surface area contributed by atoms with Gasteiger partial charge in [0.05, 0.1) is 23.4 Å². The summed E-state index contributed by atoms with van der Waals surface area (Å²) in [4.78, 5) is 46.3. The summed E-state index contributed by atoms with van der Waals surface area (Å²) in [6.45, 7) is 2.92. The molecule has 2 aromatic carbocycles. The van der Waals surface area contributed by atoms with Crippen molar-refractivity contribution in [2.24, 2.45) is 7.05 Å². The van der Waals surface area contributed by atoms with Gasteiger partial charge in [-0.15, -0.1) is 0 Å². The first kappa shape index (κ1) is 21.9. The number of amides is 2. The lowest BCUT2D eigenvalue weighted by molar-refractivity contribution is -0.138. The lowest BCUT2D eigenvalue weighted by atomic mass is 10.00. The van der Waals surface area contributed by atoms with Crippen LogP contribution in [0.2, 0.25) is 0 Å². The van der Waals surface area contributed by atoms with E-state index in [9.17, 15) is 14.4 Å². The van der Waals surface area contributed by atoms with Gasteiger partial charge >= 0.3 is 0 Å². The molecule has 0 aliphatic carbocycles. The Hall–Kier alpha value is -3.91. The SMILES string of the molecule is CN1CCN(C2=C(c3c(-c4ccccc4)[nH]n(C)c3=O)C(=O)N(Cc3ccccc3)C2=O)CC1. The Morgan fingerprint density at radius 3 is 2.06 bits per heavy atom. The minimum Gasteiger partial charge on any atom is -0.364 e. The third-order valence-corrected chi connectivity index (χ3v) is 6.51. The van der Waals surface area contributed by atoms with E-state index in [0.29, 0.717) is 24.5 Å². The largest absolute Gasteiger partial charge is 0.364 e. The molecule has 34 heavy (non-hydrogen) atoms. The zero-order valence-corrected chi connectivity index (χ0v) is 19.3. The summed E-state index contributed by atoms with van der Waals surface area (Å²) in [6, 6.07) is 18.8. The number of aromatic amines is 1. The van der Waals surface area contributed by atoms with Crippen molar-refractivity contribution in [1.29, 1.82) is 0 Å². The van der Waals surface area contributed by atoms with Crippen LogP contribution in [0.15, 0.2) is 71.2 Å². The Morgan fingerprint density at radius 1 is 0.794 bits per heavy atom. The number of nitrogens with one attached hydrogen (secondary N) is 1. The van der Waals surface area contributed by atoms with Gasteiger partial charge in [0.1, 0.15) is 5.70 Å². The number of likely N-dealkylation sites (N-methyl/N-ethyl adjacent to an activating group) is 1. The number of rotatable bonds is 5. The van der Waals surface area contributed by atoms with Crippen molar-refractivity contribution in [2.75, 3.05) is 33.2 Å². The zero-order chi connectivity index (χ0) is 23.8. The summed E-state index contributed by atoms with van der Waals surface area (Å²) in [5, 5.41) is 3.10. The summed E-state index contributed by atoms with van der Waals surface area (Å²) in [5.74, 6) is -0.785. The van der Waals surface area contributed by atoms with Gasteiger partial charge in [-0.05, 0) is 12.6 Å². The molecule has 0 bridgehead atoms. The number of aryl methyl sites for hydroxylation is 1. The topological polar surface area (TPSA) is 81.7 Å². The van der Waals surface area contributed by atoms with Crippen LogP contribution in [0.25, 0.3) is 16.8 Å². The third kappa shape index (κ3) is 3.76. The predicted molar refractivity (Wildman–Crippen MR) is 129 cm³/mol. The molecule has 2 aliphatic heterocycles. The molecule has 1 N–H and O–H groups in total. The first-order valence-electron chi connectivity index (χ1n) is 11.4. The highest BCUT2D eigenvalue weighted by atomic mass is 16.2. The highest BCUT2D eigenvalue weighted by molar-refractivity contribution is 6.36. The Labute approximate surface area is 197 Å². The molecule has 8 nitrogen and oxygen atoms in total. The van der Waals surface area contributed by atoms with Crippen molar-refractivity contribution >= 4 is 17.4 Å². The predicted octanol–water partition coefficient (Wildman–Crippen LogP) is 1.91. The standard InChI is InChI=1S/C26H27N5O3/c1-28-13-15-30(16-14-28)23-21(25(33)31(26(23)34)17-18-9-5-3-6-10-18)20-22(27-29(2)24(20)32)19-11-7-4-8-12-19/h3-12,27H,13-17H2,1-2H3. The second kappa shape index (κ2) is 8.79. The molecule has 0 radical (unpaired) electrons. The number of hydrogen-bond acceptors (Lipinski definition) is 5. The molecule has 3 aromatic rings. The lowest BCUT2D eigenvalue weighted by Crippen LogP contribution is -2.46. The van der Waals surface area contributed by atoms with Crippen molar-refractivity contribution in [3.05, 3.63) is 87.8 Å². The van der Waals surface area contributed by atoms with Crippen molar-refractivity contribution in [3.63, 3.8) is 0 Å². The van der Waals surface area contributed by atoms with Gasteiger partial charge in [-0.1, -0.05) is 60.7 Å². The number of H-pyrrole nitrogens is 1. The molecule has 0 saturated carbocycles. The molecule has 1 saturated heterocycles. The summed E-state index contributed by atoms with van der Waals surface area (Å²) in [5.41, 5.74) is 2.60. The van der Waals surface area contributed by atoms with E-state index in [4.69, 9.17) is 0 Å². The molecule has 2 aliphatic rings. The maximum atomic E-state index is 13.8. The number of nitrogens with zero attached hydrogens (tertiary/aromatic N) is 4. The molecule has 1 aromatic heterocycles. The van der Waals surface area contributed by atoms with Crippen LogP contribution in [0, 0.1) is 0 Å². The molecule has 0 unspecified atom stereocenters. The Kier molecular flexibility index (Phi) is 5.67. The van der Waals surface area contributed by atoms with Crippen molar-refractivity contribution in [2.45, 2.75) is 6.54 Å². The maximum absolute atomic E-state index is 13.8. The molecule has 2 amide bonds. The number of benzene rings is 2. The molecular weight excluding hydrogens is 430 g/mol. The fraction of sp³-hybridized carbons (Fsp3) is 0.269. The number of imide groups is 1. The summed E-state index contributed by atoms with van der Waals surface area (Å²) in [7, 11) is 3.66. The Bertz CT molecular complexity index is 1320. The average Bonchev–Trinajstić information content (AvgIpc) is 3.28. The van der Waals surface area contributed by atoms with Gasteiger partial charge < -0.3 is 9.80 Å². The molecule has 5 rings (SSSR count). The highest BCUT2D eigenvalue weighted by Crippen LogP contribution is 2.35. The Balaban J connectivity index is 1.67. The highest BCUT2D eigenvalue weighted by Gasteiger charge is 2.44. The first-order valence-corrected chi connectivity index (χ1v) is 11.4. The van der Waals surface area contributed by atoms with E-state index in [1.165, 1.54) is 9.58 Å². The van der Waals surface area contributed by atoms with Crippen LogP contribution in [0.4, 0.5) is 0 Å². The lowest BCUT2D eigenvalue weighted by Gasteiger charge is -2.34. The van der Waals surface area contributed by atoms with Crippen molar-refractivity contribution in [3.8, 4) is 11.3 Å². The molecular formula is C26H27N5O3. The molecule has 1 fully saturated rings. The monoisotopic (exact) mass is 457 g/mol. The average molecular weight is 458 g/mol. The van der Waals surface area contributed by atoms with Crippen LogP contribution >= 0.6 is 0 Å². The third-order valence-electron chi connectivity index (χ3n) is 6.51. The van der Waals surface area contributed by atoms with Gasteiger partial charge in [-0.25, -0.2) is 0 Å². The van der Waals surface area contributed by atoms with Gasteiger partial charge in [-0.3, -0.25) is 29.1 Å².